The highest BCUT2D eigenvalue weighted by molar-refractivity contribution is 5.26. The van der Waals surface area contributed by atoms with Crippen LogP contribution in [0.5, 0.6) is 0 Å². The van der Waals surface area contributed by atoms with Crippen molar-refractivity contribution in [1.29, 1.82) is 0 Å². The van der Waals surface area contributed by atoms with Crippen molar-refractivity contribution in [2.75, 3.05) is 0 Å². The van der Waals surface area contributed by atoms with Gasteiger partial charge in [0, 0.05) is 6.04 Å². The molecule has 0 aromatic heterocycles. The van der Waals surface area contributed by atoms with Gasteiger partial charge in [0.05, 0.1) is 5.56 Å². The number of rotatable bonds is 5. The molecule has 1 atom stereocenters. The second kappa shape index (κ2) is 6.59. The van der Waals surface area contributed by atoms with E-state index in [0.717, 1.165) is 36.5 Å². The lowest BCUT2D eigenvalue weighted by molar-refractivity contribution is -0.137. The van der Waals surface area contributed by atoms with Gasteiger partial charge in [-0.1, -0.05) is 37.8 Å². The standard InChI is InChI=1S/C15H21F3N2/c16-15(17,18)13-8-6-12(7-9-13)14(20-19)10-5-11-3-1-2-4-11/h6-9,11,14,20H,1-5,10,19H2. The van der Waals surface area contributed by atoms with Gasteiger partial charge in [0.2, 0.25) is 0 Å². The van der Waals surface area contributed by atoms with Crippen molar-refractivity contribution in [3.05, 3.63) is 35.4 Å². The number of hydrazine groups is 1. The molecule has 0 bridgehead atoms. The maximum Gasteiger partial charge on any atom is 0.416 e. The Morgan fingerprint density at radius 2 is 1.75 bits per heavy atom. The van der Waals surface area contributed by atoms with Gasteiger partial charge in [0.15, 0.2) is 0 Å². The molecule has 0 spiro atoms. The van der Waals surface area contributed by atoms with Crippen LogP contribution in [0.1, 0.15) is 55.7 Å². The quantitative estimate of drug-likeness (QED) is 0.629. The van der Waals surface area contributed by atoms with Crippen LogP contribution in [0.3, 0.4) is 0 Å². The van der Waals surface area contributed by atoms with Gasteiger partial charge in [0.1, 0.15) is 0 Å². The van der Waals surface area contributed by atoms with E-state index in [1.54, 1.807) is 0 Å². The number of hydrogen-bond acceptors (Lipinski definition) is 2. The number of halogens is 3. The summed E-state index contributed by atoms with van der Waals surface area (Å²) in [6.07, 6.45) is 2.79. The molecule has 0 aliphatic heterocycles. The van der Waals surface area contributed by atoms with Gasteiger partial charge < -0.3 is 0 Å². The van der Waals surface area contributed by atoms with Crippen molar-refractivity contribution in [3.63, 3.8) is 0 Å². The number of benzene rings is 1. The number of nitrogens with two attached hydrogens (primary N) is 1. The summed E-state index contributed by atoms with van der Waals surface area (Å²) in [6, 6.07) is 5.20. The Morgan fingerprint density at radius 3 is 2.25 bits per heavy atom. The number of alkyl halides is 3. The van der Waals surface area contributed by atoms with Gasteiger partial charge in [-0.25, -0.2) is 0 Å². The molecule has 112 valence electrons. The van der Waals surface area contributed by atoms with Crippen LogP contribution in [-0.2, 0) is 6.18 Å². The van der Waals surface area contributed by atoms with E-state index in [2.05, 4.69) is 5.43 Å². The summed E-state index contributed by atoms with van der Waals surface area (Å²) in [5.41, 5.74) is 2.92. The van der Waals surface area contributed by atoms with Crippen LogP contribution in [0.4, 0.5) is 13.2 Å². The highest BCUT2D eigenvalue weighted by Crippen LogP contribution is 2.33. The van der Waals surface area contributed by atoms with Crippen LogP contribution in [0.2, 0.25) is 0 Å². The molecular weight excluding hydrogens is 265 g/mol. The van der Waals surface area contributed by atoms with Gasteiger partial charge in [-0.3, -0.25) is 11.3 Å². The molecule has 1 aromatic carbocycles. The SMILES string of the molecule is NNC(CCC1CCCC1)c1ccc(C(F)(F)F)cc1. The average molecular weight is 286 g/mol. The molecule has 0 amide bonds. The monoisotopic (exact) mass is 286 g/mol. The van der Waals surface area contributed by atoms with Crippen molar-refractivity contribution >= 4 is 0 Å². The third-order valence-electron chi connectivity index (χ3n) is 4.18. The van der Waals surface area contributed by atoms with Gasteiger partial charge in [0.25, 0.3) is 0 Å². The van der Waals surface area contributed by atoms with Gasteiger partial charge in [-0.2, -0.15) is 13.2 Å². The molecule has 1 unspecified atom stereocenters. The van der Waals surface area contributed by atoms with Crippen molar-refractivity contribution < 1.29 is 13.2 Å². The lowest BCUT2D eigenvalue weighted by Gasteiger charge is -2.19. The van der Waals surface area contributed by atoms with Gasteiger partial charge in [-0.05, 0) is 36.5 Å². The highest BCUT2D eigenvalue weighted by atomic mass is 19.4. The van der Waals surface area contributed by atoms with E-state index in [-0.39, 0.29) is 6.04 Å². The normalized spacial score (nSPS) is 18.4. The molecule has 1 aliphatic rings. The Morgan fingerprint density at radius 1 is 1.15 bits per heavy atom. The summed E-state index contributed by atoms with van der Waals surface area (Å²) in [5.74, 6) is 6.29. The minimum Gasteiger partial charge on any atom is -0.271 e. The van der Waals surface area contributed by atoms with E-state index in [1.165, 1.54) is 37.8 Å². The van der Waals surface area contributed by atoms with Crippen molar-refractivity contribution in [1.82, 2.24) is 5.43 Å². The summed E-state index contributed by atoms with van der Waals surface area (Å²) in [5, 5.41) is 0. The van der Waals surface area contributed by atoms with E-state index in [9.17, 15) is 13.2 Å². The Labute approximate surface area is 117 Å². The summed E-state index contributed by atoms with van der Waals surface area (Å²) in [6.45, 7) is 0. The predicted molar refractivity (Wildman–Crippen MR) is 72.7 cm³/mol. The summed E-state index contributed by atoms with van der Waals surface area (Å²) < 4.78 is 37.5. The molecule has 0 radical (unpaired) electrons. The third-order valence-corrected chi connectivity index (χ3v) is 4.18. The molecule has 1 aliphatic carbocycles. The van der Waals surface area contributed by atoms with Gasteiger partial charge in [-0.15, -0.1) is 0 Å². The molecule has 2 rings (SSSR count). The van der Waals surface area contributed by atoms with E-state index in [4.69, 9.17) is 5.84 Å². The molecule has 1 aromatic rings. The Hall–Kier alpha value is -1.07. The second-order valence-corrected chi connectivity index (χ2v) is 5.57. The van der Waals surface area contributed by atoms with E-state index >= 15 is 0 Å². The summed E-state index contributed by atoms with van der Waals surface area (Å²) in [7, 11) is 0. The molecule has 1 saturated carbocycles. The van der Waals surface area contributed by atoms with Crippen LogP contribution >= 0.6 is 0 Å². The van der Waals surface area contributed by atoms with Gasteiger partial charge >= 0.3 is 6.18 Å². The van der Waals surface area contributed by atoms with Crippen molar-refractivity contribution in [3.8, 4) is 0 Å². The van der Waals surface area contributed by atoms with Crippen molar-refractivity contribution in [2.45, 2.75) is 50.7 Å². The molecule has 5 heteroatoms. The van der Waals surface area contributed by atoms with Crippen LogP contribution in [0, 0.1) is 5.92 Å². The zero-order valence-electron chi connectivity index (χ0n) is 11.4. The predicted octanol–water partition coefficient (Wildman–Crippen LogP) is 4.18. The Bertz CT molecular complexity index is 408. The summed E-state index contributed by atoms with van der Waals surface area (Å²) >= 11 is 0. The van der Waals surface area contributed by atoms with Crippen molar-refractivity contribution in [2.24, 2.45) is 11.8 Å². The lowest BCUT2D eigenvalue weighted by atomic mass is 9.94. The fraction of sp³-hybridized carbons (Fsp3) is 0.600. The smallest absolute Gasteiger partial charge is 0.271 e. The minimum atomic E-state index is -4.28. The molecule has 0 heterocycles. The fourth-order valence-corrected chi connectivity index (χ4v) is 2.95. The summed E-state index contributed by atoms with van der Waals surface area (Å²) in [4.78, 5) is 0. The maximum absolute atomic E-state index is 12.5. The van der Waals surface area contributed by atoms with E-state index < -0.39 is 11.7 Å². The molecule has 0 saturated heterocycles. The number of nitrogens with one attached hydrogen (secondary N) is 1. The van der Waals surface area contributed by atoms with E-state index in [1.807, 2.05) is 0 Å². The Kier molecular flexibility index (Phi) is 5.05. The lowest BCUT2D eigenvalue weighted by Crippen LogP contribution is -2.28. The number of hydrogen-bond donors (Lipinski definition) is 2. The van der Waals surface area contributed by atoms with Crippen LogP contribution in [0.25, 0.3) is 0 Å². The second-order valence-electron chi connectivity index (χ2n) is 5.57. The first-order chi connectivity index (χ1) is 9.50. The van der Waals surface area contributed by atoms with E-state index in [0.29, 0.717) is 0 Å². The zero-order valence-corrected chi connectivity index (χ0v) is 11.4. The highest BCUT2D eigenvalue weighted by Gasteiger charge is 2.30. The third kappa shape index (κ3) is 3.96. The Balaban J connectivity index is 1.96. The minimum absolute atomic E-state index is 0.0714. The van der Waals surface area contributed by atoms with Crippen LogP contribution < -0.4 is 11.3 Å². The molecule has 20 heavy (non-hydrogen) atoms. The topological polar surface area (TPSA) is 38.0 Å². The molecule has 1 fully saturated rings. The zero-order chi connectivity index (χ0) is 14.6. The largest absolute Gasteiger partial charge is 0.416 e. The average Bonchev–Trinajstić information content (AvgIpc) is 2.92. The maximum atomic E-state index is 12.5. The fourth-order valence-electron chi connectivity index (χ4n) is 2.95. The van der Waals surface area contributed by atoms with Crippen LogP contribution in [-0.4, -0.2) is 0 Å². The first-order valence-electron chi connectivity index (χ1n) is 7.14. The first-order valence-corrected chi connectivity index (χ1v) is 7.14. The molecule has 2 nitrogen and oxygen atoms in total. The first kappa shape index (κ1) is 15.3. The molecule has 3 N–H and O–H groups in total. The molecular formula is C15H21F3N2. The van der Waals surface area contributed by atoms with Crippen LogP contribution in [0.15, 0.2) is 24.3 Å².